The molecule has 140 valence electrons. The second-order valence-corrected chi connectivity index (χ2v) is 7.85. The first-order chi connectivity index (χ1) is 12.2. The van der Waals surface area contributed by atoms with Crippen LogP contribution in [-0.4, -0.2) is 36.9 Å². The predicted molar refractivity (Wildman–Crippen MR) is 88.2 cm³/mol. The minimum Gasteiger partial charge on any atom is -0.471 e. The van der Waals surface area contributed by atoms with Crippen LogP contribution in [-0.2, 0) is 22.6 Å². The minimum atomic E-state index is -4.58. The summed E-state index contributed by atoms with van der Waals surface area (Å²) in [6, 6.07) is 8.60. The fourth-order valence-corrected chi connectivity index (χ4v) is 4.08. The molecule has 0 saturated carbocycles. The Morgan fingerprint density at radius 2 is 1.85 bits per heavy atom. The zero-order valence-electron chi connectivity index (χ0n) is 13.9. The summed E-state index contributed by atoms with van der Waals surface area (Å²) < 4.78 is 70.3. The number of alkyl halides is 3. The van der Waals surface area contributed by atoms with Crippen molar-refractivity contribution in [1.82, 2.24) is 9.29 Å². The molecule has 1 aromatic carbocycles. The maximum atomic E-state index is 12.9. The van der Waals surface area contributed by atoms with Gasteiger partial charge in [0.05, 0.1) is 18.0 Å². The topological polar surface area (TPSA) is 59.5 Å². The first kappa shape index (κ1) is 18.7. The number of hydrogen-bond acceptors (Lipinski definition) is 4. The van der Waals surface area contributed by atoms with Gasteiger partial charge in [0.2, 0.25) is 15.9 Å². The number of aryl methyl sites for hydroxylation is 1. The van der Waals surface area contributed by atoms with E-state index in [1.807, 2.05) is 6.92 Å². The van der Waals surface area contributed by atoms with Crippen LogP contribution in [0.1, 0.15) is 18.1 Å². The molecular weight excluding hydrogens is 369 g/mol. The second kappa shape index (κ2) is 6.88. The molecule has 0 spiro atoms. The Hall–Kier alpha value is -2.13. The molecule has 26 heavy (non-hydrogen) atoms. The Balaban J connectivity index is 1.67. The summed E-state index contributed by atoms with van der Waals surface area (Å²) >= 11 is 0. The molecule has 3 rings (SSSR count). The lowest BCUT2D eigenvalue weighted by Gasteiger charge is -2.37. The molecule has 9 heteroatoms. The van der Waals surface area contributed by atoms with Crippen LogP contribution in [0, 0.1) is 0 Å². The van der Waals surface area contributed by atoms with Gasteiger partial charge in [0.15, 0.2) is 0 Å². The third kappa shape index (κ3) is 3.68. The molecule has 0 unspecified atom stereocenters. The lowest BCUT2D eigenvalue weighted by Crippen LogP contribution is -2.56. The molecule has 1 aliphatic rings. The minimum absolute atomic E-state index is 0.0221. The van der Waals surface area contributed by atoms with E-state index in [0.29, 0.717) is 0 Å². The Kier molecular flexibility index (Phi) is 4.94. The molecule has 2 heterocycles. The number of hydrogen-bond donors (Lipinski definition) is 0. The van der Waals surface area contributed by atoms with E-state index in [4.69, 9.17) is 4.74 Å². The van der Waals surface area contributed by atoms with Gasteiger partial charge in [-0.25, -0.2) is 13.4 Å². The standard InChI is InChI=1S/C17H17F3N2O3S/c1-2-12-5-7-14(8-6-12)26(23,24)22-10-13(11-22)25-16-15(17(18,19)20)4-3-9-21-16/h3-9,13H,2,10-11H2,1H3. The summed E-state index contributed by atoms with van der Waals surface area (Å²) in [7, 11) is -3.68. The molecule has 5 nitrogen and oxygen atoms in total. The second-order valence-electron chi connectivity index (χ2n) is 5.91. The molecular formula is C17H17F3N2O3S. The molecule has 0 N–H and O–H groups in total. The lowest BCUT2D eigenvalue weighted by molar-refractivity contribution is -0.140. The summed E-state index contributed by atoms with van der Waals surface area (Å²) in [6.07, 6.45) is -3.26. The summed E-state index contributed by atoms with van der Waals surface area (Å²) in [5.41, 5.74) is 0.0417. The van der Waals surface area contributed by atoms with Crippen molar-refractivity contribution in [3.63, 3.8) is 0 Å². The van der Waals surface area contributed by atoms with Crippen molar-refractivity contribution in [3.8, 4) is 5.88 Å². The van der Waals surface area contributed by atoms with Gasteiger partial charge in [-0.1, -0.05) is 19.1 Å². The van der Waals surface area contributed by atoms with Crippen LogP contribution in [0.15, 0.2) is 47.5 Å². The van der Waals surface area contributed by atoms with Crippen molar-refractivity contribution >= 4 is 10.0 Å². The lowest BCUT2D eigenvalue weighted by atomic mass is 10.2. The van der Waals surface area contributed by atoms with Gasteiger partial charge in [-0.2, -0.15) is 17.5 Å². The van der Waals surface area contributed by atoms with E-state index in [2.05, 4.69) is 4.98 Å². The quantitative estimate of drug-likeness (QED) is 0.792. The molecule has 0 aliphatic carbocycles. The van der Waals surface area contributed by atoms with E-state index >= 15 is 0 Å². The third-order valence-electron chi connectivity index (χ3n) is 4.14. The summed E-state index contributed by atoms with van der Waals surface area (Å²) in [4.78, 5) is 3.78. The number of rotatable bonds is 5. The first-order valence-electron chi connectivity index (χ1n) is 7.99. The number of pyridine rings is 1. The van der Waals surface area contributed by atoms with Crippen molar-refractivity contribution in [2.75, 3.05) is 13.1 Å². The van der Waals surface area contributed by atoms with Crippen molar-refractivity contribution < 1.29 is 26.3 Å². The average Bonchev–Trinajstić information content (AvgIpc) is 2.57. The third-order valence-corrected chi connectivity index (χ3v) is 5.98. The zero-order chi connectivity index (χ0) is 18.9. The number of nitrogens with zero attached hydrogens (tertiary/aromatic N) is 2. The van der Waals surface area contributed by atoms with Crippen LogP contribution < -0.4 is 4.74 Å². The number of aromatic nitrogens is 1. The van der Waals surface area contributed by atoms with E-state index in [1.165, 1.54) is 28.7 Å². The van der Waals surface area contributed by atoms with Crippen molar-refractivity contribution in [2.45, 2.75) is 30.5 Å². The van der Waals surface area contributed by atoms with Gasteiger partial charge >= 0.3 is 6.18 Å². The number of sulfonamides is 1. The Labute approximate surface area is 149 Å². The maximum Gasteiger partial charge on any atom is 0.421 e. The molecule has 0 radical (unpaired) electrons. The van der Waals surface area contributed by atoms with E-state index in [0.717, 1.165) is 18.1 Å². The van der Waals surface area contributed by atoms with E-state index in [9.17, 15) is 21.6 Å². The monoisotopic (exact) mass is 386 g/mol. The van der Waals surface area contributed by atoms with Gasteiger partial charge < -0.3 is 4.74 Å². The smallest absolute Gasteiger partial charge is 0.421 e. The van der Waals surface area contributed by atoms with Gasteiger partial charge in [0.25, 0.3) is 0 Å². The molecule has 2 aromatic rings. The van der Waals surface area contributed by atoms with Gasteiger partial charge in [-0.3, -0.25) is 0 Å². The van der Waals surface area contributed by atoms with Gasteiger partial charge in [0, 0.05) is 6.20 Å². The number of ether oxygens (including phenoxy) is 1. The molecule has 1 aliphatic heterocycles. The summed E-state index contributed by atoms with van der Waals surface area (Å²) in [5, 5.41) is 0. The number of benzene rings is 1. The summed E-state index contributed by atoms with van der Waals surface area (Å²) in [6.45, 7) is 1.92. The highest BCUT2D eigenvalue weighted by atomic mass is 32.2. The molecule has 0 amide bonds. The zero-order valence-corrected chi connectivity index (χ0v) is 14.7. The van der Waals surface area contributed by atoms with Gasteiger partial charge in [-0.15, -0.1) is 0 Å². The predicted octanol–water partition coefficient (Wildman–Crippen LogP) is 3.11. The van der Waals surface area contributed by atoms with E-state index in [-0.39, 0.29) is 18.0 Å². The molecule has 1 aromatic heterocycles. The van der Waals surface area contributed by atoms with Crippen molar-refractivity contribution in [2.24, 2.45) is 0 Å². The van der Waals surface area contributed by atoms with Gasteiger partial charge in [0.1, 0.15) is 11.7 Å². The Morgan fingerprint density at radius 3 is 2.42 bits per heavy atom. The van der Waals surface area contributed by atoms with Crippen molar-refractivity contribution in [3.05, 3.63) is 53.7 Å². The van der Waals surface area contributed by atoms with Crippen LogP contribution in [0.2, 0.25) is 0 Å². The highest BCUT2D eigenvalue weighted by Gasteiger charge is 2.41. The van der Waals surface area contributed by atoms with Crippen LogP contribution in [0.3, 0.4) is 0 Å². The maximum absolute atomic E-state index is 12.9. The largest absolute Gasteiger partial charge is 0.471 e. The van der Waals surface area contributed by atoms with Crippen molar-refractivity contribution in [1.29, 1.82) is 0 Å². The first-order valence-corrected chi connectivity index (χ1v) is 9.43. The highest BCUT2D eigenvalue weighted by molar-refractivity contribution is 7.89. The van der Waals surface area contributed by atoms with Crippen LogP contribution in [0.5, 0.6) is 5.88 Å². The van der Waals surface area contributed by atoms with Crippen LogP contribution in [0.4, 0.5) is 13.2 Å². The normalized spacial score (nSPS) is 16.3. The SMILES string of the molecule is CCc1ccc(S(=O)(=O)N2CC(Oc3ncccc3C(F)(F)F)C2)cc1. The molecule has 1 fully saturated rings. The van der Waals surface area contributed by atoms with Gasteiger partial charge in [-0.05, 0) is 36.2 Å². The highest BCUT2D eigenvalue weighted by Crippen LogP contribution is 2.36. The fourth-order valence-electron chi connectivity index (χ4n) is 2.58. The summed E-state index contributed by atoms with van der Waals surface area (Å²) in [5.74, 6) is -0.533. The Morgan fingerprint density at radius 1 is 1.19 bits per heavy atom. The number of halogens is 3. The van der Waals surface area contributed by atoms with Crippen LogP contribution >= 0.6 is 0 Å². The molecule has 0 atom stereocenters. The molecule has 1 saturated heterocycles. The van der Waals surface area contributed by atoms with E-state index < -0.39 is 33.7 Å². The molecule has 0 bridgehead atoms. The van der Waals surface area contributed by atoms with Crippen LogP contribution in [0.25, 0.3) is 0 Å². The van der Waals surface area contributed by atoms with E-state index in [1.54, 1.807) is 12.1 Å². The Bertz CT molecular complexity index is 877. The average molecular weight is 386 g/mol. The fraction of sp³-hybridized carbons (Fsp3) is 0.353.